The monoisotopic (exact) mass is 516 g/mol. The fourth-order valence-electron chi connectivity index (χ4n) is 2.72. The van der Waals surface area contributed by atoms with E-state index in [-0.39, 0.29) is 0 Å². The summed E-state index contributed by atoms with van der Waals surface area (Å²) in [5.74, 6) is 1.88. The molecule has 3 heteroatoms. The van der Waals surface area contributed by atoms with Crippen molar-refractivity contribution in [3.05, 3.63) is 70.7 Å². The van der Waals surface area contributed by atoms with Crippen molar-refractivity contribution in [3.8, 4) is 11.5 Å². The van der Waals surface area contributed by atoms with Crippen LogP contribution in [-0.4, -0.2) is 14.2 Å². The van der Waals surface area contributed by atoms with Crippen molar-refractivity contribution in [1.29, 1.82) is 0 Å². The first-order chi connectivity index (χ1) is 12.3. The molecule has 2 aromatic carbocycles. The van der Waals surface area contributed by atoms with Crippen molar-refractivity contribution in [3.63, 3.8) is 0 Å². The Labute approximate surface area is 156 Å². The molecule has 1 aliphatic rings. The molecule has 0 heterocycles. The van der Waals surface area contributed by atoms with Crippen LogP contribution in [0.2, 0.25) is 0 Å². The van der Waals surface area contributed by atoms with Crippen LogP contribution in [-0.2, 0) is 17.3 Å². The normalized spacial score (nSPS) is 15.0. The van der Waals surface area contributed by atoms with Gasteiger partial charge in [-0.15, -0.1) is 0 Å². The number of hydrogen-bond donors (Lipinski definition) is 0. The zero-order chi connectivity index (χ0) is 17.5. The van der Waals surface area contributed by atoms with Gasteiger partial charge >= 0.3 is 157 Å². The van der Waals surface area contributed by atoms with Crippen molar-refractivity contribution < 1.29 is 26.8 Å². The van der Waals surface area contributed by atoms with Gasteiger partial charge in [-0.2, -0.15) is 0 Å². The molecule has 3 rings (SSSR count). The SMILES string of the molecule is COc1ccc[c]([Pt]([C]2=CCCC=CCC2)[c]2cccc(OC)c2)c1. The van der Waals surface area contributed by atoms with Crippen molar-refractivity contribution >= 4 is 7.91 Å². The third kappa shape index (κ3) is 4.64. The van der Waals surface area contributed by atoms with Crippen LogP contribution in [0.4, 0.5) is 0 Å². The topological polar surface area (TPSA) is 18.5 Å². The van der Waals surface area contributed by atoms with Gasteiger partial charge in [0.15, 0.2) is 0 Å². The van der Waals surface area contributed by atoms with E-state index in [2.05, 4.69) is 54.6 Å². The Morgan fingerprint density at radius 2 is 1.36 bits per heavy atom. The molecule has 2 aromatic rings. The first kappa shape index (κ1) is 18.0. The fourth-order valence-corrected chi connectivity index (χ4v) is 9.34. The molecule has 0 N–H and O–H groups in total. The van der Waals surface area contributed by atoms with Crippen LogP contribution >= 0.6 is 0 Å². The molecule has 0 saturated heterocycles. The molecule has 0 aliphatic heterocycles. The summed E-state index contributed by atoms with van der Waals surface area (Å²) < 4.78 is 15.5. The minimum atomic E-state index is -1.73. The summed E-state index contributed by atoms with van der Waals surface area (Å²) in [6, 6.07) is 17.3. The standard InChI is InChI=1S/C8H11.2C7H7O.Pt/c1-2-4-6-8-7-5-3-1;2*1-8-7-5-3-2-4-6-7;/h1-2,7H,3-6H2;2*2-3,5-6H,1H3;. The Morgan fingerprint density at radius 1 is 0.760 bits per heavy atom. The molecule has 2 nitrogen and oxygen atoms in total. The first-order valence-electron chi connectivity index (χ1n) is 8.54. The average molecular weight is 517 g/mol. The molecule has 0 spiro atoms. The number of rotatable bonds is 5. The molecule has 0 radical (unpaired) electrons. The van der Waals surface area contributed by atoms with Gasteiger partial charge in [-0.1, -0.05) is 0 Å². The molecule has 0 fully saturated rings. The predicted molar refractivity (Wildman–Crippen MR) is 101 cm³/mol. The van der Waals surface area contributed by atoms with Gasteiger partial charge in [0.1, 0.15) is 0 Å². The molecule has 0 bridgehead atoms. The summed E-state index contributed by atoms with van der Waals surface area (Å²) in [5, 5.41) is 0. The van der Waals surface area contributed by atoms with Gasteiger partial charge < -0.3 is 0 Å². The molecule has 135 valence electrons. The van der Waals surface area contributed by atoms with E-state index in [1.54, 1.807) is 18.2 Å². The van der Waals surface area contributed by atoms with Crippen LogP contribution in [0.15, 0.2) is 70.7 Å². The van der Waals surface area contributed by atoms with Gasteiger partial charge in [0, 0.05) is 0 Å². The summed E-state index contributed by atoms with van der Waals surface area (Å²) in [6.45, 7) is 0. The Kier molecular flexibility index (Phi) is 6.53. The van der Waals surface area contributed by atoms with Crippen LogP contribution in [0.3, 0.4) is 0 Å². The van der Waals surface area contributed by atoms with E-state index in [0.29, 0.717) is 0 Å². The Morgan fingerprint density at radius 3 is 1.96 bits per heavy atom. The third-order valence-corrected chi connectivity index (χ3v) is 10.5. The van der Waals surface area contributed by atoms with Crippen molar-refractivity contribution in [2.45, 2.75) is 25.7 Å². The van der Waals surface area contributed by atoms with Gasteiger partial charge in [0.25, 0.3) is 0 Å². The van der Waals surface area contributed by atoms with E-state index in [9.17, 15) is 0 Å². The number of allylic oxidation sites excluding steroid dienone is 4. The second-order valence-corrected chi connectivity index (χ2v) is 11.5. The van der Waals surface area contributed by atoms with Gasteiger partial charge in [-0.25, -0.2) is 0 Å². The molecular formula is C22H25O2Pt. The molecule has 25 heavy (non-hydrogen) atoms. The fraction of sp³-hybridized carbons (Fsp3) is 0.273. The predicted octanol–water partition coefficient (Wildman–Crippen LogP) is 4.29. The Balaban J connectivity index is 2.06. The number of ether oxygens (including phenoxy) is 2. The van der Waals surface area contributed by atoms with E-state index in [1.165, 1.54) is 7.91 Å². The average Bonchev–Trinajstić information content (AvgIpc) is 2.64. The van der Waals surface area contributed by atoms with E-state index >= 15 is 0 Å². The molecular weight excluding hydrogens is 491 g/mol. The van der Waals surface area contributed by atoms with Gasteiger partial charge in [-0.05, 0) is 0 Å². The molecule has 0 amide bonds. The van der Waals surface area contributed by atoms with Crippen LogP contribution in [0, 0.1) is 0 Å². The quantitative estimate of drug-likeness (QED) is 0.553. The maximum absolute atomic E-state index is 5.49. The number of methoxy groups -OCH3 is 2. The second kappa shape index (κ2) is 9.06. The van der Waals surface area contributed by atoms with E-state index in [1.807, 2.05) is 12.1 Å². The van der Waals surface area contributed by atoms with Crippen molar-refractivity contribution in [1.82, 2.24) is 0 Å². The molecule has 0 aromatic heterocycles. The van der Waals surface area contributed by atoms with Gasteiger partial charge in [0.2, 0.25) is 0 Å². The summed E-state index contributed by atoms with van der Waals surface area (Å²) in [5.41, 5.74) is 0. The maximum atomic E-state index is 5.49. The second-order valence-electron chi connectivity index (χ2n) is 5.69. The van der Waals surface area contributed by atoms with Crippen LogP contribution < -0.4 is 17.4 Å². The molecule has 0 saturated carbocycles. The van der Waals surface area contributed by atoms with Crippen molar-refractivity contribution in [2.24, 2.45) is 0 Å². The Hall–Kier alpha value is -1.79. The summed E-state index contributed by atoms with van der Waals surface area (Å²) >= 11 is -1.73. The number of hydrogen-bond acceptors (Lipinski definition) is 2. The summed E-state index contributed by atoms with van der Waals surface area (Å²) in [7, 11) is 3.48. The van der Waals surface area contributed by atoms with Gasteiger partial charge in [0.05, 0.1) is 0 Å². The first-order valence-corrected chi connectivity index (χ1v) is 12.0. The zero-order valence-electron chi connectivity index (χ0n) is 14.8. The molecule has 0 unspecified atom stereocenters. The summed E-state index contributed by atoms with van der Waals surface area (Å²) in [4.78, 5) is 0. The molecule has 0 atom stereocenters. The van der Waals surface area contributed by atoms with Crippen LogP contribution in [0.1, 0.15) is 25.7 Å². The third-order valence-electron chi connectivity index (χ3n) is 3.98. The van der Waals surface area contributed by atoms with Crippen molar-refractivity contribution in [2.75, 3.05) is 14.2 Å². The Bertz CT molecular complexity index is 717. The van der Waals surface area contributed by atoms with E-state index in [0.717, 1.165) is 37.2 Å². The zero-order valence-corrected chi connectivity index (χ0v) is 17.1. The van der Waals surface area contributed by atoms with E-state index in [4.69, 9.17) is 9.47 Å². The summed E-state index contributed by atoms with van der Waals surface area (Å²) in [6.07, 6.45) is 11.7. The van der Waals surface area contributed by atoms with Gasteiger partial charge in [-0.3, -0.25) is 0 Å². The number of benzene rings is 2. The minimum absolute atomic E-state index is 0.939. The molecule has 1 aliphatic carbocycles. The van der Waals surface area contributed by atoms with E-state index < -0.39 is 17.3 Å². The van der Waals surface area contributed by atoms with Crippen LogP contribution in [0.5, 0.6) is 11.5 Å². The van der Waals surface area contributed by atoms with Crippen LogP contribution in [0.25, 0.3) is 0 Å².